The predicted octanol–water partition coefficient (Wildman–Crippen LogP) is 2.34. The summed E-state index contributed by atoms with van der Waals surface area (Å²) in [5.74, 6) is -1.00. The molecule has 0 radical (unpaired) electrons. The average Bonchev–Trinajstić information content (AvgIpc) is 2.15. The highest BCUT2D eigenvalue weighted by atomic mass is 35.5. The van der Waals surface area contributed by atoms with E-state index >= 15 is 0 Å². The Labute approximate surface area is 100 Å². The van der Waals surface area contributed by atoms with Crippen molar-refractivity contribution >= 4 is 17.6 Å². The number of nitrogens with two attached hydrogens (primary N) is 1. The Kier molecular flexibility index (Phi) is 3.61. The van der Waals surface area contributed by atoms with Gasteiger partial charge in [0.25, 0.3) is 0 Å². The highest BCUT2D eigenvalue weighted by Gasteiger charge is 2.34. The van der Waals surface area contributed by atoms with Crippen LogP contribution in [0, 0.1) is 6.92 Å². The summed E-state index contributed by atoms with van der Waals surface area (Å²) in [6.07, 6.45) is 0. The van der Waals surface area contributed by atoms with Gasteiger partial charge in [0, 0.05) is 10.4 Å². The summed E-state index contributed by atoms with van der Waals surface area (Å²) in [5.41, 5.74) is 6.94. The van der Waals surface area contributed by atoms with Gasteiger partial charge in [0.2, 0.25) is 0 Å². The Morgan fingerprint density at radius 1 is 1.50 bits per heavy atom. The minimum atomic E-state index is -1.00. The SMILES string of the molecule is Cc1cc(Cl)ccc1C(C)(C)C(N)C(=O)O. The molecule has 0 aliphatic heterocycles. The smallest absolute Gasteiger partial charge is 0.321 e. The minimum Gasteiger partial charge on any atom is -0.480 e. The molecule has 0 aliphatic carbocycles. The van der Waals surface area contributed by atoms with Crippen molar-refractivity contribution in [1.29, 1.82) is 0 Å². The Morgan fingerprint density at radius 2 is 2.06 bits per heavy atom. The maximum Gasteiger partial charge on any atom is 0.321 e. The van der Waals surface area contributed by atoms with Crippen LogP contribution in [0.2, 0.25) is 5.02 Å². The first-order chi connectivity index (χ1) is 7.26. The number of aryl methyl sites for hydroxylation is 1. The van der Waals surface area contributed by atoms with Crippen molar-refractivity contribution in [3.05, 3.63) is 34.3 Å². The third-order valence-electron chi connectivity index (χ3n) is 2.93. The van der Waals surface area contributed by atoms with Crippen molar-refractivity contribution in [3.63, 3.8) is 0 Å². The van der Waals surface area contributed by atoms with Crippen LogP contribution in [0.25, 0.3) is 0 Å². The van der Waals surface area contributed by atoms with Gasteiger partial charge in [0.1, 0.15) is 6.04 Å². The quantitative estimate of drug-likeness (QED) is 0.854. The number of carboxylic acids is 1. The summed E-state index contributed by atoms with van der Waals surface area (Å²) in [7, 11) is 0. The summed E-state index contributed by atoms with van der Waals surface area (Å²) >= 11 is 5.86. The van der Waals surface area contributed by atoms with Gasteiger partial charge in [-0.15, -0.1) is 0 Å². The summed E-state index contributed by atoms with van der Waals surface area (Å²) in [5, 5.41) is 9.61. The number of hydrogen-bond donors (Lipinski definition) is 2. The number of carboxylic acid groups (broad SMARTS) is 1. The average molecular weight is 242 g/mol. The second kappa shape index (κ2) is 4.44. The van der Waals surface area contributed by atoms with Crippen molar-refractivity contribution in [2.24, 2.45) is 5.73 Å². The Morgan fingerprint density at radius 3 is 2.50 bits per heavy atom. The largest absolute Gasteiger partial charge is 0.480 e. The molecule has 1 aromatic rings. The van der Waals surface area contributed by atoms with Crippen molar-refractivity contribution in [2.45, 2.75) is 32.2 Å². The van der Waals surface area contributed by atoms with Gasteiger partial charge in [-0.1, -0.05) is 31.5 Å². The van der Waals surface area contributed by atoms with Crippen molar-refractivity contribution in [2.75, 3.05) is 0 Å². The number of carbonyl (C=O) groups is 1. The van der Waals surface area contributed by atoms with Crippen molar-refractivity contribution in [3.8, 4) is 0 Å². The molecule has 16 heavy (non-hydrogen) atoms. The second-order valence-corrected chi connectivity index (χ2v) is 4.93. The molecular formula is C12H16ClNO2. The molecule has 1 unspecified atom stereocenters. The van der Waals surface area contributed by atoms with Gasteiger partial charge >= 0.3 is 5.97 Å². The zero-order chi connectivity index (χ0) is 12.5. The maximum atomic E-state index is 10.9. The Balaban J connectivity index is 3.21. The zero-order valence-electron chi connectivity index (χ0n) is 9.62. The molecule has 1 aromatic carbocycles. The Hall–Kier alpha value is -1.06. The topological polar surface area (TPSA) is 63.3 Å². The standard InChI is InChI=1S/C12H16ClNO2/c1-7-6-8(13)4-5-9(7)12(2,3)10(14)11(15)16/h4-6,10H,14H2,1-3H3,(H,15,16). The first kappa shape index (κ1) is 13.0. The highest BCUT2D eigenvalue weighted by molar-refractivity contribution is 6.30. The van der Waals surface area contributed by atoms with Gasteiger partial charge in [0.15, 0.2) is 0 Å². The molecule has 0 saturated heterocycles. The zero-order valence-corrected chi connectivity index (χ0v) is 10.4. The van der Waals surface area contributed by atoms with Gasteiger partial charge in [-0.3, -0.25) is 4.79 Å². The molecule has 0 bridgehead atoms. The van der Waals surface area contributed by atoms with E-state index in [4.69, 9.17) is 22.4 Å². The monoisotopic (exact) mass is 241 g/mol. The fourth-order valence-corrected chi connectivity index (χ4v) is 2.05. The molecule has 0 fully saturated rings. The lowest BCUT2D eigenvalue weighted by atomic mass is 9.76. The van der Waals surface area contributed by atoms with Crippen LogP contribution in [0.5, 0.6) is 0 Å². The van der Waals surface area contributed by atoms with Crippen molar-refractivity contribution in [1.82, 2.24) is 0 Å². The molecule has 0 aromatic heterocycles. The van der Waals surface area contributed by atoms with E-state index in [1.807, 2.05) is 32.9 Å². The molecule has 3 N–H and O–H groups in total. The second-order valence-electron chi connectivity index (χ2n) is 4.50. The summed E-state index contributed by atoms with van der Waals surface area (Å²) in [6.45, 7) is 5.54. The molecule has 0 heterocycles. The molecular weight excluding hydrogens is 226 g/mol. The normalized spacial score (nSPS) is 13.6. The first-order valence-corrected chi connectivity index (χ1v) is 5.39. The van der Waals surface area contributed by atoms with Crippen LogP contribution in [-0.2, 0) is 10.2 Å². The predicted molar refractivity (Wildman–Crippen MR) is 64.8 cm³/mol. The molecule has 0 aliphatic rings. The van der Waals surface area contributed by atoms with E-state index in [-0.39, 0.29) is 0 Å². The number of hydrogen-bond acceptors (Lipinski definition) is 2. The number of rotatable bonds is 3. The highest BCUT2D eigenvalue weighted by Crippen LogP contribution is 2.30. The van der Waals surface area contributed by atoms with E-state index in [0.29, 0.717) is 5.02 Å². The van der Waals surface area contributed by atoms with Gasteiger partial charge in [0.05, 0.1) is 0 Å². The third kappa shape index (κ3) is 2.36. The van der Waals surface area contributed by atoms with Crippen LogP contribution in [0.1, 0.15) is 25.0 Å². The van der Waals surface area contributed by atoms with Gasteiger partial charge in [-0.25, -0.2) is 0 Å². The minimum absolute atomic E-state index is 0.624. The van der Waals surface area contributed by atoms with Crippen molar-refractivity contribution < 1.29 is 9.90 Å². The van der Waals surface area contributed by atoms with Gasteiger partial charge in [-0.2, -0.15) is 0 Å². The lowest BCUT2D eigenvalue weighted by Gasteiger charge is -2.30. The van der Waals surface area contributed by atoms with E-state index in [9.17, 15) is 4.79 Å². The molecule has 1 rings (SSSR count). The molecule has 0 amide bonds. The molecule has 1 atom stereocenters. The summed E-state index contributed by atoms with van der Waals surface area (Å²) < 4.78 is 0. The number of aliphatic carboxylic acids is 1. The number of halogens is 1. The lowest BCUT2D eigenvalue weighted by molar-refractivity contribution is -0.140. The van der Waals surface area contributed by atoms with Crippen LogP contribution < -0.4 is 5.73 Å². The summed E-state index contributed by atoms with van der Waals surface area (Å²) in [4.78, 5) is 10.9. The molecule has 88 valence electrons. The van der Waals surface area contributed by atoms with E-state index in [0.717, 1.165) is 11.1 Å². The molecule has 4 heteroatoms. The van der Waals surface area contributed by atoms with Crippen LogP contribution in [0.15, 0.2) is 18.2 Å². The fraction of sp³-hybridized carbons (Fsp3) is 0.417. The summed E-state index contributed by atoms with van der Waals surface area (Å²) in [6, 6.07) is 4.46. The number of benzene rings is 1. The van der Waals surface area contributed by atoms with Crippen LogP contribution in [0.4, 0.5) is 0 Å². The fourth-order valence-electron chi connectivity index (χ4n) is 1.83. The molecule has 0 saturated carbocycles. The lowest BCUT2D eigenvalue weighted by Crippen LogP contribution is -2.47. The van der Waals surface area contributed by atoms with Gasteiger partial charge < -0.3 is 10.8 Å². The maximum absolute atomic E-state index is 10.9. The van der Waals surface area contributed by atoms with Gasteiger partial charge in [-0.05, 0) is 30.2 Å². The third-order valence-corrected chi connectivity index (χ3v) is 3.16. The van der Waals surface area contributed by atoms with Crippen LogP contribution in [-0.4, -0.2) is 17.1 Å². The molecule has 3 nitrogen and oxygen atoms in total. The first-order valence-electron chi connectivity index (χ1n) is 5.02. The van der Waals surface area contributed by atoms with Crippen LogP contribution >= 0.6 is 11.6 Å². The van der Waals surface area contributed by atoms with E-state index < -0.39 is 17.4 Å². The van der Waals surface area contributed by atoms with E-state index in [1.165, 1.54) is 0 Å². The van der Waals surface area contributed by atoms with Crippen LogP contribution in [0.3, 0.4) is 0 Å². The molecule has 0 spiro atoms. The van der Waals surface area contributed by atoms with E-state index in [2.05, 4.69) is 0 Å². The van der Waals surface area contributed by atoms with E-state index in [1.54, 1.807) is 6.07 Å². The Bertz CT molecular complexity index is 415.